The summed E-state index contributed by atoms with van der Waals surface area (Å²) < 4.78 is 25.4. The summed E-state index contributed by atoms with van der Waals surface area (Å²) in [7, 11) is -3.38. The summed E-state index contributed by atoms with van der Waals surface area (Å²) in [5.74, 6) is 0. The molecule has 0 heterocycles. The molecule has 0 fully saturated rings. The van der Waals surface area contributed by atoms with E-state index in [-0.39, 0.29) is 0 Å². The number of hydrogen-bond donors (Lipinski definition) is 1. The minimum atomic E-state index is -3.38. The molecule has 2 aromatic rings. The van der Waals surface area contributed by atoms with E-state index in [9.17, 15) is 4.57 Å². The molecule has 0 aliphatic heterocycles. The SMILES string of the molecule is CCOP(=O)(OCC)C1(NCc2ccccc2)CCc2ccccc21. The maximum Gasteiger partial charge on any atom is 0.355 e. The lowest BCUT2D eigenvalue weighted by atomic mass is 10.1. The second-order valence-corrected chi connectivity index (χ2v) is 8.46. The van der Waals surface area contributed by atoms with Gasteiger partial charge in [0.05, 0.1) is 13.2 Å². The third kappa shape index (κ3) is 3.45. The highest BCUT2D eigenvalue weighted by Crippen LogP contribution is 2.67. The fourth-order valence-electron chi connectivity index (χ4n) is 3.60. The summed E-state index contributed by atoms with van der Waals surface area (Å²) in [5, 5.41) is 2.76. The maximum atomic E-state index is 13.8. The van der Waals surface area contributed by atoms with E-state index in [1.165, 1.54) is 5.56 Å². The number of fused-ring (bicyclic) bond motifs is 1. The zero-order valence-corrected chi connectivity index (χ0v) is 15.8. The van der Waals surface area contributed by atoms with Gasteiger partial charge < -0.3 is 9.05 Å². The van der Waals surface area contributed by atoms with Crippen molar-refractivity contribution < 1.29 is 13.6 Å². The van der Waals surface area contributed by atoms with Crippen molar-refractivity contribution in [1.29, 1.82) is 0 Å². The Balaban J connectivity index is 2.01. The van der Waals surface area contributed by atoms with Crippen LogP contribution in [0, 0.1) is 0 Å². The Morgan fingerprint density at radius 2 is 1.64 bits per heavy atom. The molecule has 1 unspecified atom stereocenters. The van der Waals surface area contributed by atoms with Gasteiger partial charge in [0.2, 0.25) is 0 Å². The van der Waals surface area contributed by atoms with Crippen LogP contribution in [0.5, 0.6) is 0 Å². The molecule has 0 amide bonds. The Bertz CT molecular complexity index is 740. The Morgan fingerprint density at radius 1 is 1.00 bits per heavy atom. The lowest BCUT2D eigenvalue weighted by molar-refractivity contribution is 0.184. The second kappa shape index (κ2) is 7.84. The van der Waals surface area contributed by atoms with Crippen LogP contribution in [0.25, 0.3) is 0 Å². The minimum Gasteiger partial charge on any atom is -0.307 e. The second-order valence-electron chi connectivity index (χ2n) is 6.19. The predicted molar refractivity (Wildman–Crippen MR) is 101 cm³/mol. The fraction of sp³-hybridized carbons (Fsp3) is 0.400. The number of benzene rings is 2. The normalized spacial score (nSPS) is 19.8. The molecule has 0 saturated heterocycles. The van der Waals surface area contributed by atoms with Crippen LogP contribution in [-0.2, 0) is 31.9 Å². The van der Waals surface area contributed by atoms with Crippen molar-refractivity contribution in [3.05, 3.63) is 71.3 Å². The van der Waals surface area contributed by atoms with Crippen LogP contribution in [0.15, 0.2) is 54.6 Å². The van der Waals surface area contributed by atoms with Gasteiger partial charge in [0.25, 0.3) is 0 Å². The molecular weight excluding hydrogens is 333 g/mol. The summed E-state index contributed by atoms with van der Waals surface area (Å²) in [6.07, 6.45) is 1.57. The van der Waals surface area contributed by atoms with Crippen LogP contribution in [0.3, 0.4) is 0 Å². The summed E-state index contributed by atoms with van der Waals surface area (Å²) >= 11 is 0. The van der Waals surface area contributed by atoms with Gasteiger partial charge in [0.1, 0.15) is 5.28 Å². The number of hydrogen-bond acceptors (Lipinski definition) is 4. The first-order valence-electron chi connectivity index (χ1n) is 8.92. The molecule has 2 aromatic carbocycles. The van der Waals surface area contributed by atoms with Crippen LogP contribution < -0.4 is 5.32 Å². The Labute approximate surface area is 150 Å². The molecule has 3 rings (SSSR count). The van der Waals surface area contributed by atoms with E-state index in [0.29, 0.717) is 26.2 Å². The van der Waals surface area contributed by atoms with Gasteiger partial charge in [-0.25, -0.2) is 0 Å². The van der Waals surface area contributed by atoms with Crippen LogP contribution in [0.1, 0.15) is 37.0 Å². The summed E-state index contributed by atoms with van der Waals surface area (Å²) in [5.41, 5.74) is 3.39. The van der Waals surface area contributed by atoms with E-state index in [1.807, 2.05) is 50.2 Å². The van der Waals surface area contributed by atoms with Crippen molar-refractivity contribution in [2.45, 2.75) is 38.5 Å². The Morgan fingerprint density at radius 3 is 2.32 bits per heavy atom. The first-order valence-corrected chi connectivity index (χ1v) is 10.5. The third-order valence-corrected chi connectivity index (χ3v) is 7.47. The summed E-state index contributed by atoms with van der Waals surface area (Å²) in [4.78, 5) is 0. The van der Waals surface area contributed by atoms with Gasteiger partial charge in [-0.15, -0.1) is 0 Å². The average Bonchev–Trinajstić information content (AvgIpc) is 3.02. The molecule has 1 aliphatic rings. The molecule has 0 saturated carbocycles. The Hall–Kier alpha value is -1.45. The van der Waals surface area contributed by atoms with Gasteiger partial charge in [-0.3, -0.25) is 9.88 Å². The molecule has 5 heteroatoms. The van der Waals surface area contributed by atoms with Crippen molar-refractivity contribution in [1.82, 2.24) is 5.32 Å². The molecular formula is C20H26NO3P. The lowest BCUT2D eigenvalue weighted by Crippen LogP contribution is -2.41. The molecule has 1 atom stereocenters. The number of nitrogens with one attached hydrogen (secondary N) is 1. The van der Waals surface area contributed by atoms with Crippen molar-refractivity contribution in [3.8, 4) is 0 Å². The van der Waals surface area contributed by atoms with Crippen LogP contribution in [-0.4, -0.2) is 13.2 Å². The highest BCUT2D eigenvalue weighted by molar-refractivity contribution is 7.55. The van der Waals surface area contributed by atoms with Crippen LogP contribution in [0.4, 0.5) is 0 Å². The summed E-state index contributed by atoms with van der Waals surface area (Å²) in [6.45, 7) is 5.04. The van der Waals surface area contributed by atoms with E-state index in [0.717, 1.165) is 17.5 Å². The van der Waals surface area contributed by atoms with Crippen molar-refractivity contribution in [3.63, 3.8) is 0 Å². The quantitative estimate of drug-likeness (QED) is 0.685. The van der Waals surface area contributed by atoms with Crippen LogP contribution >= 0.6 is 7.60 Å². The molecule has 25 heavy (non-hydrogen) atoms. The molecule has 0 radical (unpaired) electrons. The molecule has 0 bridgehead atoms. The van der Waals surface area contributed by atoms with Gasteiger partial charge in [0, 0.05) is 6.54 Å². The molecule has 134 valence electrons. The van der Waals surface area contributed by atoms with Gasteiger partial charge in [-0.05, 0) is 43.4 Å². The monoisotopic (exact) mass is 359 g/mol. The molecule has 0 spiro atoms. The maximum absolute atomic E-state index is 13.8. The van der Waals surface area contributed by atoms with Crippen molar-refractivity contribution in [2.24, 2.45) is 0 Å². The predicted octanol–water partition coefficient (Wildman–Crippen LogP) is 4.84. The number of aryl methyl sites for hydroxylation is 1. The van der Waals surface area contributed by atoms with Gasteiger partial charge in [-0.2, -0.15) is 0 Å². The zero-order valence-electron chi connectivity index (χ0n) is 14.9. The first-order chi connectivity index (χ1) is 12.1. The van der Waals surface area contributed by atoms with E-state index in [4.69, 9.17) is 9.05 Å². The van der Waals surface area contributed by atoms with Gasteiger partial charge in [-0.1, -0.05) is 54.6 Å². The fourth-order valence-corrected chi connectivity index (χ4v) is 5.97. The highest BCUT2D eigenvalue weighted by Gasteiger charge is 2.55. The van der Waals surface area contributed by atoms with Gasteiger partial charge in [0.15, 0.2) is 0 Å². The average molecular weight is 359 g/mol. The lowest BCUT2D eigenvalue weighted by Gasteiger charge is -2.37. The van der Waals surface area contributed by atoms with Crippen molar-refractivity contribution in [2.75, 3.05) is 13.2 Å². The smallest absolute Gasteiger partial charge is 0.307 e. The minimum absolute atomic E-state index is 0.355. The van der Waals surface area contributed by atoms with E-state index in [2.05, 4.69) is 23.5 Å². The van der Waals surface area contributed by atoms with E-state index >= 15 is 0 Å². The van der Waals surface area contributed by atoms with Crippen molar-refractivity contribution >= 4 is 7.60 Å². The van der Waals surface area contributed by atoms with Crippen LogP contribution in [0.2, 0.25) is 0 Å². The van der Waals surface area contributed by atoms with E-state index < -0.39 is 12.9 Å². The highest BCUT2D eigenvalue weighted by atomic mass is 31.2. The molecule has 0 aromatic heterocycles. The molecule has 1 N–H and O–H groups in total. The van der Waals surface area contributed by atoms with E-state index in [1.54, 1.807) is 0 Å². The number of rotatable bonds is 8. The van der Waals surface area contributed by atoms with Gasteiger partial charge >= 0.3 is 7.60 Å². The standard InChI is InChI=1S/C20H26NO3P/c1-3-23-25(22,24-4-2)20(21-16-17-10-6-5-7-11-17)15-14-18-12-8-9-13-19(18)20/h5-13,21H,3-4,14-16H2,1-2H3. The molecule has 4 nitrogen and oxygen atoms in total. The zero-order chi connectivity index (χ0) is 17.8. The topological polar surface area (TPSA) is 47.6 Å². The first kappa shape index (κ1) is 18.3. The summed E-state index contributed by atoms with van der Waals surface area (Å²) in [6, 6.07) is 18.3. The molecule has 1 aliphatic carbocycles. The third-order valence-electron chi connectivity index (χ3n) is 4.71. The Kier molecular flexibility index (Phi) is 5.75. The largest absolute Gasteiger partial charge is 0.355 e.